The van der Waals surface area contributed by atoms with Crippen molar-refractivity contribution in [3.05, 3.63) is 64.7 Å². The van der Waals surface area contributed by atoms with E-state index in [2.05, 4.69) is 55.6 Å². The normalized spacial score (nSPS) is 12.3. The lowest BCUT2D eigenvalue weighted by Gasteiger charge is -2.20. The van der Waals surface area contributed by atoms with Crippen LogP contribution in [-0.4, -0.2) is 12.3 Å². The van der Waals surface area contributed by atoms with Crippen molar-refractivity contribution in [3.8, 4) is 0 Å². The number of nitrogens with one attached hydrogen (secondary N) is 1. The van der Waals surface area contributed by atoms with Gasteiger partial charge in [0.15, 0.2) is 0 Å². The van der Waals surface area contributed by atoms with Crippen LogP contribution in [0, 0.1) is 6.92 Å². The molecule has 0 radical (unpaired) electrons. The molecule has 1 N–H and O–H groups in total. The van der Waals surface area contributed by atoms with E-state index >= 15 is 0 Å². The molecule has 0 aliphatic rings. The predicted octanol–water partition coefficient (Wildman–Crippen LogP) is 5.48. The number of rotatable bonds is 7. The fraction of sp³-hybridized carbons (Fsp3) is 0.333. The summed E-state index contributed by atoms with van der Waals surface area (Å²) in [4.78, 5) is 1.31. The van der Waals surface area contributed by atoms with Crippen molar-refractivity contribution in [2.75, 3.05) is 12.3 Å². The van der Waals surface area contributed by atoms with Crippen LogP contribution < -0.4 is 5.32 Å². The van der Waals surface area contributed by atoms with Gasteiger partial charge in [0, 0.05) is 21.7 Å². The maximum atomic E-state index is 6.36. The molecule has 0 aliphatic heterocycles. The van der Waals surface area contributed by atoms with Crippen LogP contribution >= 0.6 is 23.4 Å². The van der Waals surface area contributed by atoms with Gasteiger partial charge in [-0.05, 0) is 43.7 Å². The summed E-state index contributed by atoms with van der Waals surface area (Å²) in [5, 5.41) is 4.45. The van der Waals surface area contributed by atoms with Crippen LogP contribution in [0.5, 0.6) is 0 Å². The van der Waals surface area contributed by atoms with Gasteiger partial charge in [0.1, 0.15) is 0 Å². The molecule has 0 spiro atoms. The Morgan fingerprint density at radius 1 is 1.14 bits per heavy atom. The lowest BCUT2D eigenvalue weighted by Crippen LogP contribution is -2.24. The lowest BCUT2D eigenvalue weighted by atomic mass is 10.1. The first-order valence-electron chi connectivity index (χ1n) is 7.38. The Labute approximate surface area is 137 Å². The summed E-state index contributed by atoms with van der Waals surface area (Å²) in [7, 11) is 0. The molecule has 112 valence electrons. The van der Waals surface area contributed by atoms with Gasteiger partial charge < -0.3 is 5.32 Å². The highest BCUT2D eigenvalue weighted by Crippen LogP contribution is 2.29. The molecule has 1 atom stereocenters. The van der Waals surface area contributed by atoms with Gasteiger partial charge in [-0.2, -0.15) is 0 Å². The van der Waals surface area contributed by atoms with Gasteiger partial charge in [-0.1, -0.05) is 54.4 Å². The fourth-order valence-corrected chi connectivity index (χ4v) is 3.59. The molecule has 2 aromatic rings. The summed E-state index contributed by atoms with van der Waals surface area (Å²) in [5.41, 5.74) is 2.49. The molecule has 0 fully saturated rings. The minimum Gasteiger partial charge on any atom is -0.309 e. The number of benzene rings is 2. The monoisotopic (exact) mass is 319 g/mol. The van der Waals surface area contributed by atoms with E-state index in [0.717, 1.165) is 23.7 Å². The largest absolute Gasteiger partial charge is 0.309 e. The molecule has 0 heterocycles. The van der Waals surface area contributed by atoms with Gasteiger partial charge in [-0.25, -0.2) is 0 Å². The van der Waals surface area contributed by atoms with Crippen LogP contribution in [0.3, 0.4) is 0 Å². The third-order valence-electron chi connectivity index (χ3n) is 3.33. The van der Waals surface area contributed by atoms with E-state index in [9.17, 15) is 0 Å². The average molecular weight is 320 g/mol. The van der Waals surface area contributed by atoms with Gasteiger partial charge in [0.2, 0.25) is 0 Å². The number of thioether (sulfide) groups is 1. The molecule has 0 aromatic heterocycles. The van der Waals surface area contributed by atoms with Gasteiger partial charge in [-0.15, -0.1) is 11.8 Å². The molecule has 1 unspecified atom stereocenters. The first-order valence-corrected chi connectivity index (χ1v) is 8.74. The summed E-state index contributed by atoms with van der Waals surface area (Å²) < 4.78 is 0. The average Bonchev–Trinajstić information content (AvgIpc) is 2.48. The lowest BCUT2D eigenvalue weighted by molar-refractivity contribution is 0.577. The van der Waals surface area contributed by atoms with E-state index in [1.807, 2.05) is 23.9 Å². The quantitative estimate of drug-likeness (QED) is 0.678. The Morgan fingerprint density at radius 3 is 2.67 bits per heavy atom. The number of hydrogen-bond acceptors (Lipinski definition) is 2. The van der Waals surface area contributed by atoms with Crippen molar-refractivity contribution in [1.82, 2.24) is 5.32 Å². The molecule has 21 heavy (non-hydrogen) atoms. The highest BCUT2D eigenvalue weighted by atomic mass is 35.5. The highest BCUT2D eigenvalue weighted by Gasteiger charge is 2.14. The Hall–Kier alpha value is -0.960. The third-order valence-corrected chi connectivity index (χ3v) is 4.76. The Bertz CT molecular complexity index is 571. The van der Waals surface area contributed by atoms with Crippen LogP contribution in [-0.2, 0) is 0 Å². The number of aryl methyl sites for hydroxylation is 1. The van der Waals surface area contributed by atoms with Crippen LogP contribution in [0.15, 0.2) is 53.4 Å². The maximum absolute atomic E-state index is 6.36. The second-order valence-electron chi connectivity index (χ2n) is 5.16. The fourth-order valence-electron chi connectivity index (χ4n) is 2.22. The van der Waals surface area contributed by atoms with Gasteiger partial charge >= 0.3 is 0 Å². The molecule has 2 aromatic carbocycles. The predicted molar refractivity (Wildman–Crippen MR) is 94.4 cm³/mol. The van der Waals surface area contributed by atoms with Crippen molar-refractivity contribution in [2.45, 2.75) is 31.2 Å². The minimum absolute atomic E-state index is 0.282. The van der Waals surface area contributed by atoms with Crippen molar-refractivity contribution in [2.24, 2.45) is 0 Å². The van der Waals surface area contributed by atoms with Crippen LogP contribution in [0.2, 0.25) is 5.02 Å². The molecule has 2 rings (SSSR count). The molecule has 0 saturated carbocycles. The van der Waals surface area contributed by atoms with Crippen molar-refractivity contribution >= 4 is 23.4 Å². The molecule has 0 aliphatic carbocycles. The molecular formula is C18H22ClNS. The van der Waals surface area contributed by atoms with Crippen molar-refractivity contribution in [3.63, 3.8) is 0 Å². The zero-order chi connectivity index (χ0) is 15.1. The first kappa shape index (κ1) is 16.4. The zero-order valence-corrected chi connectivity index (χ0v) is 14.2. The molecule has 0 saturated heterocycles. The second-order valence-corrected chi connectivity index (χ2v) is 6.66. The summed E-state index contributed by atoms with van der Waals surface area (Å²) in [5.74, 6) is 0.979. The van der Waals surface area contributed by atoms with Gasteiger partial charge in [-0.3, -0.25) is 0 Å². The zero-order valence-electron chi connectivity index (χ0n) is 12.6. The summed E-state index contributed by atoms with van der Waals surface area (Å²) in [6.45, 7) is 5.32. The van der Waals surface area contributed by atoms with Gasteiger partial charge in [0.25, 0.3) is 0 Å². The Morgan fingerprint density at radius 2 is 1.95 bits per heavy atom. The standard InChI is InChI=1S/C18H22ClNS/c1-3-11-20-18(16-9-4-5-10-17(16)19)13-21-15-8-6-7-14(2)12-15/h4-10,12,18,20H,3,11,13H2,1-2H3. The molecule has 0 bridgehead atoms. The molecular weight excluding hydrogens is 298 g/mol. The van der Waals surface area contributed by atoms with Crippen molar-refractivity contribution in [1.29, 1.82) is 0 Å². The molecule has 1 nitrogen and oxygen atoms in total. The first-order chi connectivity index (χ1) is 10.2. The summed E-state index contributed by atoms with van der Waals surface area (Å²) in [6, 6.07) is 17.0. The Kier molecular flexibility index (Phi) is 6.62. The SMILES string of the molecule is CCCNC(CSc1cccc(C)c1)c1ccccc1Cl. The van der Waals surface area contributed by atoms with E-state index < -0.39 is 0 Å². The maximum Gasteiger partial charge on any atom is 0.0454 e. The van der Waals surface area contributed by atoms with Gasteiger partial charge in [0.05, 0.1) is 0 Å². The third kappa shape index (κ3) is 5.06. The summed E-state index contributed by atoms with van der Waals surface area (Å²) >= 11 is 8.23. The van der Waals surface area contributed by atoms with E-state index in [0.29, 0.717) is 0 Å². The topological polar surface area (TPSA) is 12.0 Å². The van der Waals surface area contributed by atoms with Crippen LogP contribution in [0.4, 0.5) is 0 Å². The number of hydrogen-bond donors (Lipinski definition) is 1. The van der Waals surface area contributed by atoms with Crippen LogP contribution in [0.25, 0.3) is 0 Å². The Balaban J connectivity index is 2.08. The minimum atomic E-state index is 0.282. The summed E-state index contributed by atoms with van der Waals surface area (Å²) in [6.07, 6.45) is 1.12. The second kappa shape index (κ2) is 8.47. The van der Waals surface area contributed by atoms with E-state index in [4.69, 9.17) is 11.6 Å². The highest BCUT2D eigenvalue weighted by molar-refractivity contribution is 7.99. The van der Waals surface area contributed by atoms with E-state index in [1.54, 1.807) is 0 Å². The van der Waals surface area contributed by atoms with E-state index in [-0.39, 0.29) is 6.04 Å². The van der Waals surface area contributed by atoms with E-state index in [1.165, 1.54) is 16.0 Å². The van der Waals surface area contributed by atoms with Crippen molar-refractivity contribution < 1.29 is 0 Å². The smallest absolute Gasteiger partial charge is 0.0454 e. The van der Waals surface area contributed by atoms with Crippen LogP contribution in [0.1, 0.15) is 30.5 Å². The molecule has 0 amide bonds. The number of halogens is 1. The molecule has 3 heteroatoms.